The third-order valence-corrected chi connectivity index (χ3v) is 4.42. The van der Waals surface area contributed by atoms with Crippen molar-refractivity contribution in [2.75, 3.05) is 13.1 Å². The molecule has 0 radical (unpaired) electrons. The number of hydrogen-bond donors (Lipinski definition) is 1. The zero-order valence-electron chi connectivity index (χ0n) is 9.28. The Morgan fingerprint density at radius 2 is 2.12 bits per heavy atom. The highest BCUT2D eigenvalue weighted by atomic mass is 32.1. The van der Waals surface area contributed by atoms with Crippen LogP contribution in [0.1, 0.15) is 18.9 Å². The van der Waals surface area contributed by atoms with Crippen molar-refractivity contribution in [3.05, 3.63) is 34.4 Å². The van der Waals surface area contributed by atoms with Crippen molar-refractivity contribution in [3.63, 3.8) is 0 Å². The van der Waals surface area contributed by atoms with E-state index in [1.165, 1.54) is 17.6 Å². The molecule has 0 amide bonds. The van der Waals surface area contributed by atoms with Crippen LogP contribution in [0.2, 0.25) is 0 Å². The molecule has 0 unspecified atom stereocenters. The second-order valence-corrected chi connectivity index (χ2v) is 5.33. The van der Waals surface area contributed by atoms with E-state index in [0.29, 0.717) is 0 Å². The minimum Gasteiger partial charge on any atom is -0.317 e. The largest absolute Gasteiger partial charge is 0.317 e. The molecule has 1 aromatic heterocycles. The Hall–Kier alpha value is -1.20. The summed E-state index contributed by atoms with van der Waals surface area (Å²) >= 11 is 1.38. The van der Waals surface area contributed by atoms with Crippen LogP contribution in [0.25, 0.3) is 10.1 Å². The molecule has 2 aromatic rings. The fourth-order valence-corrected chi connectivity index (χ4v) is 3.49. The van der Waals surface area contributed by atoms with E-state index in [1.54, 1.807) is 10.0 Å². The molecule has 90 valence electrons. The second-order valence-electron chi connectivity index (χ2n) is 4.32. The number of nitrogens with one attached hydrogen (secondary N) is 1. The van der Waals surface area contributed by atoms with Crippen molar-refractivity contribution in [2.45, 2.75) is 18.9 Å². The topological polar surface area (TPSA) is 34.0 Å². The van der Waals surface area contributed by atoms with Gasteiger partial charge in [0.2, 0.25) is 0 Å². The zero-order valence-corrected chi connectivity index (χ0v) is 10.1. The lowest BCUT2D eigenvalue weighted by Crippen LogP contribution is -2.32. The van der Waals surface area contributed by atoms with Gasteiger partial charge in [-0.2, -0.15) is 0 Å². The van der Waals surface area contributed by atoms with Gasteiger partial charge in [0, 0.05) is 0 Å². The molecule has 3 rings (SSSR count). The highest BCUT2D eigenvalue weighted by Gasteiger charge is 2.20. The molecule has 1 N–H and O–H groups in total. The lowest BCUT2D eigenvalue weighted by atomic mass is 10.1. The summed E-state index contributed by atoms with van der Waals surface area (Å²) in [5.74, 6) is -0.406. The van der Waals surface area contributed by atoms with Gasteiger partial charge >= 0.3 is 0 Å². The van der Waals surface area contributed by atoms with Crippen LogP contribution in [0.4, 0.5) is 4.39 Å². The van der Waals surface area contributed by atoms with Crippen LogP contribution in [-0.2, 0) is 0 Å². The molecule has 2 heterocycles. The smallest absolute Gasteiger partial charge is 0.271 e. The van der Waals surface area contributed by atoms with Crippen molar-refractivity contribution in [2.24, 2.45) is 0 Å². The quantitative estimate of drug-likeness (QED) is 0.843. The SMILES string of the molecule is O=c1c2c(F)cccc2sn1C1CCNCC1. The van der Waals surface area contributed by atoms with E-state index < -0.39 is 5.82 Å². The number of aromatic nitrogens is 1. The Morgan fingerprint density at radius 1 is 1.35 bits per heavy atom. The number of piperidine rings is 1. The maximum absolute atomic E-state index is 13.6. The van der Waals surface area contributed by atoms with E-state index in [1.807, 2.05) is 6.07 Å². The molecule has 0 aliphatic carbocycles. The summed E-state index contributed by atoms with van der Waals surface area (Å²) < 4.78 is 16.1. The Balaban J connectivity index is 2.14. The maximum atomic E-state index is 13.6. The van der Waals surface area contributed by atoms with Crippen LogP contribution in [-0.4, -0.2) is 17.0 Å². The van der Waals surface area contributed by atoms with Crippen molar-refractivity contribution < 1.29 is 4.39 Å². The number of hydrogen-bond acceptors (Lipinski definition) is 3. The van der Waals surface area contributed by atoms with Crippen molar-refractivity contribution in [1.29, 1.82) is 0 Å². The Labute approximate surface area is 102 Å². The van der Waals surface area contributed by atoms with Gasteiger partial charge in [-0.05, 0) is 38.1 Å². The van der Waals surface area contributed by atoms with E-state index in [4.69, 9.17) is 0 Å². The highest BCUT2D eigenvalue weighted by Crippen LogP contribution is 2.25. The Morgan fingerprint density at radius 3 is 2.82 bits per heavy atom. The van der Waals surface area contributed by atoms with Crippen LogP contribution in [0, 0.1) is 5.82 Å². The van der Waals surface area contributed by atoms with Crippen LogP contribution in [0.5, 0.6) is 0 Å². The molecule has 1 fully saturated rings. The number of benzene rings is 1. The van der Waals surface area contributed by atoms with Gasteiger partial charge in [0.15, 0.2) is 0 Å². The number of halogens is 1. The van der Waals surface area contributed by atoms with Gasteiger partial charge in [0.1, 0.15) is 5.82 Å². The predicted octanol–water partition coefficient (Wildman–Crippen LogP) is 2.13. The number of fused-ring (bicyclic) bond motifs is 1. The molecule has 0 bridgehead atoms. The van der Waals surface area contributed by atoms with E-state index in [0.717, 1.165) is 30.6 Å². The van der Waals surface area contributed by atoms with E-state index in [-0.39, 0.29) is 17.0 Å². The van der Waals surface area contributed by atoms with E-state index >= 15 is 0 Å². The molecular formula is C12H13FN2OS. The molecule has 5 heteroatoms. The summed E-state index contributed by atoms with van der Waals surface area (Å²) in [7, 11) is 0. The molecule has 1 saturated heterocycles. The Kier molecular flexibility index (Phi) is 2.72. The van der Waals surface area contributed by atoms with Gasteiger partial charge in [-0.15, -0.1) is 0 Å². The minimum absolute atomic E-state index is 0.171. The standard InChI is InChI=1S/C12H13FN2OS/c13-9-2-1-3-10-11(9)12(16)15(17-10)8-4-6-14-7-5-8/h1-3,8,14H,4-7H2. The molecule has 1 aromatic carbocycles. The average Bonchev–Trinajstić information content (AvgIpc) is 2.69. The van der Waals surface area contributed by atoms with Gasteiger partial charge in [0.25, 0.3) is 5.56 Å². The fraction of sp³-hybridized carbons (Fsp3) is 0.417. The minimum atomic E-state index is -0.406. The average molecular weight is 252 g/mol. The summed E-state index contributed by atoms with van der Waals surface area (Å²) in [4.78, 5) is 12.2. The molecular weight excluding hydrogens is 239 g/mol. The van der Waals surface area contributed by atoms with Crippen molar-refractivity contribution >= 4 is 21.6 Å². The van der Waals surface area contributed by atoms with Crippen LogP contribution in [0.3, 0.4) is 0 Å². The van der Waals surface area contributed by atoms with Gasteiger partial charge < -0.3 is 5.32 Å². The first-order chi connectivity index (χ1) is 8.27. The van der Waals surface area contributed by atoms with Crippen LogP contribution < -0.4 is 10.9 Å². The first-order valence-corrected chi connectivity index (χ1v) is 6.55. The molecule has 1 aliphatic heterocycles. The van der Waals surface area contributed by atoms with Crippen molar-refractivity contribution in [3.8, 4) is 0 Å². The summed E-state index contributed by atoms with van der Waals surface area (Å²) in [5.41, 5.74) is -0.171. The molecule has 0 saturated carbocycles. The van der Waals surface area contributed by atoms with Gasteiger partial charge in [-0.25, -0.2) is 4.39 Å². The van der Waals surface area contributed by atoms with Gasteiger partial charge in [0.05, 0.1) is 16.1 Å². The Bertz CT molecular complexity index is 598. The third kappa shape index (κ3) is 1.79. The van der Waals surface area contributed by atoms with E-state index in [2.05, 4.69) is 5.32 Å². The molecule has 17 heavy (non-hydrogen) atoms. The monoisotopic (exact) mass is 252 g/mol. The predicted molar refractivity (Wildman–Crippen MR) is 67.2 cm³/mol. The summed E-state index contributed by atoms with van der Waals surface area (Å²) in [6, 6.07) is 5.03. The molecule has 3 nitrogen and oxygen atoms in total. The number of rotatable bonds is 1. The van der Waals surface area contributed by atoms with E-state index in [9.17, 15) is 9.18 Å². The summed E-state index contributed by atoms with van der Waals surface area (Å²) in [5, 5.41) is 3.51. The first kappa shape index (κ1) is 10.9. The normalized spacial score (nSPS) is 17.7. The first-order valence-electron chi connectivity index (χ1n) is 5.78. The van der Waals surface area contributed by atoms with Gasteiger partial charge in [-0.3, -0.25) is 8.75 Å². The zero-order chi connectivity index (χ0) is 11.8. The third-order valence-electron chi connectivity index (χ3n) is 3.23. The summed E-state index contributed by atoms with van der Waals surface area (Å²) in [6.45, 7) is 1.85. The molecule has 1 aliphatic rings. The van der Waals surface area contributed by atoms with Crippen molar-refractivity contribution in [1.82, 2.24) is 9.27 Å². The van der Waals surface area contributed by atoms with Crippen LogP contribution in [0.15, 0.2) is 23.0 Å². The lowest BCUT2D eigenvalue weighted by molar-refractivity contribution is 0.381. The van der Waals surface area contributed by atoms with Crippen LogP contribution >= 0.6 is 11.5 Å². The molecule has 0 atom stereocenters. The lowest BCUT2D eigenvalue weighted by Gasteiger charge is -2.22. The highest BCUT2D eigenvalue weighted by molar-refractivity contribution is 7.13. The van der Waals surface area contributed by atoms with Gasteiger partial charge in [-0.1, -0.05) is 17.6 Å². The number of nitrogens with zero attached hydrogens (tertiary/aromatic N) is 1. The summed E-state index contributed by atoms with van der Waals surface area (Å²) in [6.07, 6.45) is 1.88. The molecule has 0 spiro atoms. The fourth-order valence-electron chi connectivity index (χ4n) is 2.33. The maximum Gasteiger partial charge on any atom is 0.271 e. The second kappa shape index (κ2) is 4.23.